The lowest BCUT2D eigenvalue weighted by molar-refractivity contribution is 0.0979. The average molecular weight is 330 g/mol. The van der Waals surface area contributed by atoms with E-state index in [4.69, 9.17) is 16.3 Å². The molecule has 120 valence electrons. The molecule has 1 fully saturated rings. The van der Waals surface area contributed by atoms with Gasteiger partial charge in [0.15, 0.2) is 0 Å². The van der Waals surface area contributed by atoms with E-state index < -0.39 is 0 Å². The van der Waals surface area contributed by atoms with Crippen LogP contribution in [-0.4, -0.2) is 30.2 Å². The van der Waals surface area contributed by atoms with E-state index in [-0.39, 0.29) is 12.1 Å². The molecular formula is C19H20ClNO2. The lowest BCUT2D eigenvalue weighted by atomic mass is 9.84. The Bertz CT molecular complexity index is 669. The van der Waals surface area contributed by atoms with E-state index >= 15 is 0 Å². The van der Waals surface area contributed by atoms with E-state index in [1.165, 1.54) is 0 Å². The SMILES string of the molecule is CCOC(=O)N1CCC2C(C#Cc3ccc(Cl)cc3)=CCCC21. The third-order valence-electron chi connectivity index (χ3n) is 4.47. The Morgan fingerprint density at radius 3 is 2.83 bits per heavy atom. The van der Waals surface area contributed by atoms with Crippen LogP contribution in [0.25, 0.3) is 0 Å². The molecule has 0 radical (unpaired) electrons. The Morgan fingerprint density at radius 1 is 1.30 bits per heavy atom. The highest BCUT2D eigenvalue weighted by atomic mass is 35.5. The van der Waals surface area contributed by atoms with Crippen LogP contribution in [0.2, 0.25) is 5.02 Å². The summed E-state index contributed by atoms with van der Waals surface area (Å²) < 4.78 is 5.17. The van der Waals surface area contributed by atoms with E-state index in [2.05, 4.69) is 17.9 Å². The van der Waals surface area contributed by atoms with Crippen molar-refractivity contribution in [3.63, 3.8) is 0 Å². The molecule has 1 saturated heterocycles. The molecule has 3 nitrogen and oxygen atoms in total. The van der Waals surface area contributed by atoms with Crippen molar-refractivity contribution in [2.45, 2.75) is 32.2 Å². The number of halogens is 1. The highest BCUT2D eigenvalue weighted by Gasteiger charge is 2.40. The molecule has 0 N–H and O–H groups in total. The number of allylic oxidation sites excluding steroid dienone is 1. The van der Waals surface area contributed by atoms with Crippen LogP contribution in [0.4, 0.5) is 4.79 Å². The maximum atomic E-state index is 12.1. The maximum Gasteiger partial charge on any atom is 0.410 e. The molecule has 0 aromatic heterocycles. The van der Waals surface area contributed by atoms with Crippen molar-refractivity contribution in [2.24, 2.45) is 5.92 Å². The van der Waals surface area contributed by atoms with Gasteiger partial charge in [-0.25, -0.2) is 4.79 Å². The number of carbonyl (C=O) groups is 1. The molecule has 1 aliphatic carbocycles. The van der Waals surface area contributed by atoms with Crippen molar-refractivity contribution in [1.29, 1.82) is 0 Å². The molecule has 1 amide bonds. The Labute approximate surface area is 142 Å². The van der Waals surface area contributed by atoms with E-state index in [9.17, 15) is 4.79 Å². The van der Waals surface area contributed by atoms with Crippen molar-refractivity contribution < 1.29 is 9.53 Å². The van der Waals surface area contributed by atoms with E-state index in [0.717, 1.165) is 36.9 Å². The number of nitrogens with zero attached hydrogens (tertiary/aromatic N) is 1. The number of amides is 1. The Balaban J connectivity index is 1.74. The van der Waals surface area contributed by atoms with Crippen LogP contribution in [0.15, 0.2) is 35.9 Å². The van der Waals surface area contributed by atoms with Crippen LogP contribution in [0.3, 0.4) is 0 Å². The number of fused-ring (bicyclic) bond motifs is 1. The zero-order chi connectivity index (χ0) is 16.2. The molecule has 4 heteroatoms. The first-order valence-corrected chi connectivity index (χ1v) is 8.48. The molecule has 0 saturated carbocycles. The van der Waals surface area contributed by atoms with Crippen LogP contribution < -0.4 is 0 Å². The maximum absolute atomic E-state index is 12.1. The minimum atomic E-state index is -0.188. The van der Waals surface area contributed by atoms with Gasteiger partial charge in [-0.1, -0.05) is 29.5 Å². The minimum Gasteiger partial charge on any atom is -0.450 e. The number of hydrogen-bond donors (Lipinski definition) is 0. The number of hydrogen-bond acceptors (Lipinski definition) is 2. The molecule has 0 bridgehead atoms. The summed E-state index contributed by atoms with van der Waals surface area (Å²) in [6, 6.07) is 7.78. The van der Waals surface area contributed by atoms with Crippen LogP contribution >= 0.6 is 11.6 Å². The van der Waals surface area contributed by atoms with E-state index in [0.29, 0.717) is 17.5 Å². The minimum absolute atomic E-state index is 0.188. The number of carbonyl (C=O) groups excluding carboxylic acids is 1. The van der Waals surface area contributed by atoms with E-state index in [1.807, 2.05) is 36.1 Å². The van der Waals surface area contributed by atoms with Crippen LogP contribution in [0.5, 0.6) is 0 Å². The first-order valence-electron chi connectivity index (χ1n) is 8.10. The highest BCUT2D eigenvalue weighted by Crippen LogP contribution is 2.37. The van der Waals surface area contributed by atoms with Gasteiger partial charge < -0.3 is 9.64 Å². The van der Waals surface area contributed by atoms with Gasteiger partial charge in [-0.2, -0.15) is 0 Å². The summed E-state index contributed by atoms with van der Waals surface area (Å²) in [4.78, 5) is 13.9. The van der Waals surface area contributed by atoms with Crippen LogP contribution in [0, 0.1) is 17.8 Å². The van der Waals surface area contributed by atoms with Gasteiger partial charge in [0.05, 0.1) is 6.61 Å². The topological polar surface area (TPSA) is 29.5 Å². The molecule has 2 unspecified atom stereocenters. The second-order valence-corrected chi connectivity index (χ2v) is 6.28. The molecule has 1 aromatic carbocycles. The summed E-state index contributed by atoms with van der Waals surface area (Å²) in [5.74, 6) is 6.86. The average Bonchev–Trinajstić information content (AvgIpc) is 2.99. The lowest BCUT2D eigenvalue weighted by Crippen LogP contribution is -2.39. The monoisotopic (exact) mass is 329 g/mol. The van der Waals surface area contributed by atoms with Crippen molar-refractivity contribution in [2.75, 3.05) is 13.2 Å². The highest BCUT2D eigenvalue weighted by molar-refractivity contribution is 6.30. The summed E-state index contributed by atoms with van der Waals surface area (Å²) in [6.45, 7) is 3.02. The predicted molar refractivity (Wildman–Crippen MR) is 91.3 cm³/mol. The molecule has 1 aliphatic heterocycles. The fourth-order valence-corrected chi connectivity index (χ4v) is 3.51. The zero-order valence-corrected chi connectivity index (χ0v) is 14.0. The standard InChI is InChI=1S/C19H20ClNO2/c1-2-23-19(22)21-13-12-17-15(4-3-5-18(17)21)9-6-14-7-10-16(20)11-8-14/h4,7-8,10-11,17-18H,2-3,5,12-13H2,1H3. The molecule has 0 spiro atoms. The first kappa shape index (κ1) is 16.0. The second kappa shape index (κ2) is 7.10. The van der Waals surface area contributed by atoms with Crippen LogP contribution in [0.1, 0.15) is 31.7 Å². The second-order valence-electron chi connectivity index (χ2n) is 5.85. The van der Waals surface area contributed by atoms with Crippen molar-refractivity contribution >= 4 is 17.7 Å². The summed E-state index contributed by atoms with van der Waals surface area (Å²) >= 11 is 5.90. The predicted octanol–water partition coefficient (Wildman–Crippen LogP) is 4.26. The number of benzene rings is 1. The molecule has 1 aromatic rings. The number of rotatable bonds is 1. The largest absolute Gasteiger partial charge is 0.450 e. The van der Waals surface area contributed by atoms with Gasteiger partial charge in [-0.3, -0.25) is 0 Å². The van der Waals surface area contributed by atoms with Crippen LogP contribution in [-0.2, 0) is 4.74 Å². The first-order chi connectivity index (χ1) is 11.2. The number of likely N-dealkylation sites (tertiary alicyclic amines) is 1. The quantitative estimate of drug-likeness (QED) is 0.720. The van der Waals surface area contributed by atoms with E-state index in [1.54, 1.807) is 0 Å². The van der Waals surface area contributed by atoms with Gasteiger partial charge in [0.1, 0.15) is 0 Å². The van der Waals surface area contributed by atoms with Gasteiger partial charge in [-0.05, 0) is 50.5 Å². The molecule has 2 atom stereocenters. The Hall–Kier alpha value is -1.92. The summed E-state index contributed by atoms with van der Waals surface area (Å²) in [6.07, 6.45) is 4.95. The summed E-state index contributed by atoms with van der Waals surface area (Å²) in [5, 5.41) is 0.716. The molecule has 3 rings (SSSR count). The van der Waals surface area contributed by atoms with Gasteiger partial charge in [0, 0.05) is 34.7 Å². The van der Waals surface area contributed by atoms with Gasteiger partial charge in [-0.15, -0.1) is 0 Å². The third kappa shape index (κ3) is 3.54. The lowest BCUT2D eigenvalue weighted by Gasteiger charge is -2.30. The van der Waals surface area contributed by atoms with Gasteiger partial charge in [0.25, 0.3) is 0 Å². The van der Waals surface area contributed by atoms with Gasteiger partial charge >= 0.3 is 6.09 Å². The third-order valence-corrected chi connectivity index (χ3v) is 4.72. The molecular weight excluding hydrogens is 310 g/mol. The smallest absolute Gasteiger partial charge is 0.410 e. The fraction of sp³-hybridized carbons (Fsp3) is 0.421. The van der Waals surface area contributed by atoms with Crippen molar-refractivity contribution in [1.82, 2.24) is 4.90 Å². The Kier molecular flexibility index (Phi) is 4.93. The molecule has 2 aliphatic rings. The Morgan fingerprint density at radius 2 is 2.09 bits per heavy atom. The normalized spacial score (nSPS) is 22.7. The summed E-state index contributed by atoms with van der Waals surface area (Å²) in [7, 11) is 0. The van der Waals surface area contributed by atoms with Gasteiger partial charge in [0.2, 0.25) is 0 Å². The zero-order valence-electron chi connectivity index (χ0n) is 13.2. The van der Waals surface area contributed by atoms with Crippen molar-refractivity contribution in [3.8, 4) is 11.8 Å². The summed E-state index contributed by atoms with van der Waals surface area (Å²) in [5.41, 5.74) is 2.11. The molecule has 23 heavy (non-hydrogen) atoms. The molecule has 1 heterocycles. The fourth-order valence-electron chi connectivity index (χ4n) is 3.39. The van der Waals surface area contributed by atoms with Crippen molar-refractivity contribution in [3.05, 3.63) is 46.5 Å². The number of ether oxygens (including phenoxy) is 1.